The lowest BCUT2D eigenvalue weighted by Gasteiger charge is -2.40. The maximum atomic E-state index is 11.2. The molecular weight excluding hydrogens is 150 g/mol. The average Bonchev–Trinajstić information content (AvgIpc) is 2.04. The first kappa shape index (κ1) is 8.09. The summed E-state index contributed by atoms with van der Waals surface area (Å²) in [4.78, 5) is 11.2. The van der Waals surface area contributed by atoms with Crippen molar-refractivity contribution in [3.63, 3.8) is 0 Å². The molecule has 2 aliphatic rings. The second-order valence-corrected chi connectivity index (χ2v) is 4.30. The van der Waals surface area contributed by atoms with Crippen LogP contribution in [0.2, 0.25) is 0 Å². The monoisotopic (exact) mass is 167 g/mol. The van der Waals surface area contributed by atoms with Gasteiger partial charge in [0.15, 0.2) is 0 Å². The molecular formula is C10H17NO. The zero-order valence-electron chi connectivity index (χ0n) is 7.68. The van der Waals surface area contributed by atoms with Crippen LogP contribution in [0.5, 0.6) is 0 Å². The van der Waals surface area contributed by atoms with E-state index in [0.29, 0.717) is 12.0 Å². The molecule has 1 N–H and O–H groups in total. The number of carbonyl (C=O) groups excluding carboxylic acids is 1. The summed E-state index contributed by atoms with van der Waals surface area (Å²) in [5.41, 5.74) is 0. The van der Waals surface area contributed by atoms with Crippen LogP contribution in [0.4, 0.5) is 0 Å². The van der Waals surface area contributed by atoms with E-state index in [2.05, 4.69) is 12.2 Å². The lowest BCUT2D eigenvalue weighted by atomic mass is 9.73. The zero-order valence-corrected chi connectivity index (χ0v) is 7.68. The Morgan fingerprint density at radius 3 is 2.92 bits per heavy atom. The standard InChI is InChI=1S/C10H17NO/c1-7-6-10(12)11-9-5-3-2-4-8(7)9/h7-9H,2-6H2,1H3,(H,11,12). The van der Waals surface area contributed by atoms with Crippen LogP contribution in [-0.4, -0.2) is 11.9 Å². The summed E-state index contributed by atoms with van der Waals surface area (Å²) < 4.78 is 0. The number of rotatable bonds is 0. The number of nitrogens with one attached hydrogen (secondary N) is 1. The van der Waals surface area contributed by atoms with E-state index in [9.17, 15) is 4.79 Å². The quantitative estimate of drug-likeness (QED) is 0.584. The van der Waals surface area contributed by atoms with Gasteiger partial charge >= 0.3 is 0 Å². The third-order valence-electron chi connectivity index (χ3n) is 3.40. The molecule has 1 saturated carbocycles. The Kier molecular flexibility index (Phi) is 2.07. The highest BCUT2D eigenvalue weighted by Crippen LogP contribution is 2.34. The molecule has 1 amide bonds. The van der Waals surface area contributed by atoms with E-state index in [1.807, 2.05) is 0 Å². The van der Waals surface area contributed by atoms with E-state index >= 15 is 0 Å². The van der Waals surface area contributed by atoms with E-state index < -0.39 is 0 Å². The van der Waals surface area contributed by atoms with Crippen LogP contribution in [0.15, 0.2) is 0 Å². The maximum Gasteiger partial charge on any atom is 0.220 e. The molecule has 1 aliphatic heterocycles. The molecule has 3 atom stereocenters. The minimum atomic E-state index is 0.269. The van der Waals surface area contributed by atoms with Gasteiger partial charge in [0.25, 0.3) is 0 Å². The Morgan fingerprint density at radius 1 is 1.33 bits per heavy atom. The molecule has 0 aromatic heterocycles. The Bertz CT molecular complexity index is 190. The van der Waals surface area contributed by atoms with Gasteiger partial charge in [-0.25, -0.2) is 0 Å². The highest BCUT2D eigenvalue weighted by atomic mass is 16.1. The van der Waals surface area contributed by atoms with Crippen LogP contribution in [0.25, 0.3) is 0 Å². The first-order valence-electron chi connectivity index (χ1n) is 5.07. The maximum absolute atomic E-state index is 11.2. The van der Waals surface area contributed by atoms with Gasteiger partial charge in [0.2, 0.25) is 5.91 Å². The van der Waals surface area contributed by atoms with Crippen molar-refractivity contribution >= 4 is 5.91 Å². The minimum Gasteiger partial charge on any atom is -0.353 e. The van der Waals surface area contributed by atoms with Gasteiger partial charge in [0.1, 0.15) is 0 Å². The first-order valence-corrected chi connectivity index (χ1v) is 5.07. The topological polar surface area (TPSA) is 29.1 Å². The van der Waals surface area contributed by atoms with Gasteiger partial charge in [0, 0.05) is 12.5 Å². The van der Waals surface area contributed by atoms with Crippen LogP contribution in [0.1, 0.15) is 39.0 Å². The lowest BCUT2D eigenvalue weighted by molar-refractivity contribution is -0.126. The molecule has 2 heteroatoms. The molecule has 1 heterocycles. The second-order valence-electron chi connectivity index (χ2n) is 4.30. The van der Waals surface area contributed by atoms with Crippen molar-refractivity contribution in [1.29, 1.82) is 0 Å². The van der Waals surface area contributed by atoms with E-state index in [1.165, 1.54) is 25.7 Å². The zero-order chi connectivity index (χ0) is 8.55. The average molecular weight is 167 g/mol. The van der Waals surface area contributed by atoms with E-state index in [-0.39, 0.29) is 5.91 Å². The number of hydrogen-bond acceptors (Lipinski definition) is 1. The molecule has 12 heavy (non-hydrogen) atoms. The molecule has 1 saturated heterocycles. The minimum absolute atomic E-state index is 0.269. The fraction of sp³-hybridized carbons (Fsp3) is 0.900. The van der Waals surface area contributed by atoms with Crippen molar-refractivity contribution in [3.8, 4) is 0 Å². The highest BCUT2D eigenvalue weighted by molar-refractivity contribution is 5.77. The van der Waals surface area contributed by atoms with Crippen LogP contribution < -0.4 is 5.32 Å². The third kappa shape index (κ3) is 1.35. The summed E-state index contributed by atoms with van der Waals surface area (Å²) in [5.74, 6) is 1.66. The predicted molar refractivity (Wildman–Crippen MR) is 47.7 cm³/mol. The van der Waals surface area contributed by atoms with Gasteiger partial charge in [-0.2, -0.15) is 0 Å². The summed E-state index contributed by atoms with van der Waals surface area (Å²) in [6.07, 6.45) is 5.95. The van der Waals surface area contributed by atoms with Gasteiger partial charge in [0.05, 0.1) is 0 Å². The number of hydrogen-bond donors (Lipinski definition) is 1. The van der Waals surface area contributed by atoms with Crippen LogP contribution in [0.3, 0.4) is 0 Å². The molecule has 2 rings (SSSR count). The molecule has 2 nitrogen and oxygen atoms in total. The number of amides is 1. The number of piperidine rings is 1. The molecule has 2 fully saturated rings. The van der Waals surface area contributed by atoms with E-state index in [4.69, 9.17) is 0 Å². The molecule has 3 unspecified atom stereocenters. The van der Waals surface area contributed by atoms with Crippen molar-refractivity contribution in [2.24, 2.45) is 11.8 Å². The highest BCUT2D eigenvalue weighted by Gasteiger charge is 2.35. The Balaban J connectivity index is 2.06. The largest absolute Gasteiger partial charge is 0.353 e. The van der Waals surface area contributed by atoms with Crippen molar-refractivity contribution < 1.29 is 4.79 Å². The van der Waals surface area contributed by atoms with Gasteiger partial charge in [-0.15, -0.1) is 0 Å². The van der Waals surface area contributed by atoms with Gasteiger partial charge in [-0.05, 0) is 24.7 Å². The van der Waals surface area contributed by atoms with Crippen LogP contribution >= 0.6 is 0 Å². The summed E-state index contributed by atoms with van der Waals surface area (Å²) in [6.45, 7) is 2.22. The van der Waals surface area contributed by atoms with Crippen LogP contribution in [0, 0.1) is 11.8 Å². The van der Waals surface area contributed by atoms with Crippen molar-refractivity contribution in [2.45, 2.75) is 45.1 Å². The van der Waals surface area contributed by atoms with Gasteiger partial charge in [-0.1, -0.05) is 19.8 Å². The number of carbonyl (C=O) groups is 1. The SMILES string of the molecule is CC1CC(=O)NC2CCCCC12. The molecule has 0 spiro atoms. The van der Waals surface area contributed by atoms with Gasteiger partial charge < -0.3 is 5.32 Å². The van der Waals surface area contributed by atoms with Crippen molar-refractivity contribution in [1.82, 2.24) is 5.32 Å². The van der Waals surface area contributed by atoms with Crippen LogP contribution in [-0.2, 0) is 4.79 Å². The molecule has 0 aromatic rings. The Morgan fingerprint density at radius 2 is 2.08 bits per heavy atom. The summed E-state index contributed by atoms with van der Waals surface area (Å²) >= 11 is 0. The molecule has 0 radical (unpaired) electrons. The van der Waals surface area contributed by atoms with Crippen molar-refractivity contribution in [2.75, 3.05) is 0 Å². The second kappa shape index (κ2) is 3.08. The molecule has 68 valence electrons. The Labute approximate surface area is 73.7 Å². The number of fused-ring (bicyclic) bond motifs is 1. The third-order valence-corrected chi connectivity index (χ3v) is 3.40. The summed E-state index contributed by atoms with van der Waals surface area (Å²) in [5, 5.41) is 3.11. The Hall–Kier alpha value is -0.530. The van der Waals surface area contributed by atoms with E-state index in [0.717, 1.165) is 12.3 Å². The fourth-order valence-electron chi connectivity index (χ4n) is 2.73. The van der Waals surface area contributed by atoms with Crippen molar-refractivity contribution in [3.05, 3.63) is 0 Å². The molecule has 0 bridgehead atoms. The molecule has 0 aromatic carbocycles. The fourth-order valence-corrected chi connectivity index (χ4v) is 2.73. The summed E-state index contributed by atoms with van der Waals surface area (Å²) in [6, 6.07) is 0.509. The smallest absolute Gasteiger partial charge is 0.220 e. The normalized spacial score (nSPS) is 41.8. The first-order chi connectivity index (χ1) is 5.77. The summed E-state index contributed by atoms with van der Waals surface area (Å²) in [7, 11) is 0. The van der Waals surface area contributed by atoms with E-state index in [1.54, 1.807) is 0 Å². The van der Waals surface area contributed by atoms with Gasteiger partial charge in [-0.3, -0.25) is 4.79 Å². The lowest BCUT2D eigenvalue weighted by Crippen LogP contribution is -2.49. The molecule has 1 aliphatic carbocycles. The predicted octanol–water partition coefficient (Wildman–Crippen LogP) is 1.70.